The zero-order valence-corrected chi connectivity index (χ0v) is 12.8. The van der Waals surface area contributed by atoms with Crippen molar-refractivity contribution < 1.29 is 22.7 Å². The van der Waals surface area contributed by atoms with Gasteiger partial charge in [0.1, 0.15) is 5.75 Å². The molecule has 2 aromatic rings. The van der Waals surface area contributed by atoms with Gasteiger partial charge < -0.3 is 9.47 Å². The van der Waals surface area contributed by atoms with Crippen molar-refractivity contribution in [2.75, 3.05) is 18.9 Å². The van der Waals surface area contributed by atoms with Gasteiger partial charge in [-0.3, -0.25) is 4.72 Å². The maximum Gasteiger partial charge on any atom is 0.358 e. The highest BCUT2D eigenvalue weighted by molar-refractivity contribution is 7.94. The Hall–Kier alpha value is -2.13. The first kappa shape index (κ1) is 15.3. The van der Waals surface area contributed by atoms with Gasteiger partial charge in [0.25, 0.3) is 10.0 Å². The first-order chi connectivity index (χ1) is 9.97. The third-order valence-corrected chi connectivity index (χ3v) is 5.23. The number of sulfonamides is 1. The second-order valence-electron chi connectivity index (χ2n) is 3.82. The van der Waals surface area contributed by atoms with E-state index in [0.717, 1.165) is 18.4 Å². The highest BCUT2D eigenvalue weighted by Crippen LogP contribution is 2.25. The minimum Gasteiger partial charge on any atom is -0.497 e. The standard InChI is InChI=1S/C12H12N2O5S2/c1-18-9-5-3-4-8(6-9)14-21(16,17)12-10(11(15)19-2)13-7-20-12/h3-7,14H,1-2H3. The van der Waals surface area contributed by atoms with Gasteiger partial charge in [0, 0.05) is 6.07 Å². The van der Waals surface area contributed by atoms with Gasteiger partial charge in [-0.1, -0.05) is 6.07 Å². The van der Waals surface area contributed by atoms with Gasteiger partial charge in [0.15, 0.2) is 9.90 Å². The predicted octanol–water partition coefficient (Wildman–Crippen LogP) is 1.74. The number of aromatic nitrogens is 1. The van der Waals surface area contributed by atoms with Gasteiger partial charge in [0.2, 0.25) is 0 Å². The zero-order chi connectivity index (χ0) is 15.5. The van der Waals surface area contributed by atoms with Gasteiger partial charge in [-0.15, -0.1) is 11.3 Å². The Balaban J connectivity index is 2.34. The molecule has 1 aromatic heterocycles. The van der Waals surface area contributed by atoms with E-state index in [-0.39, 0.29) is 9.90 Å². The quantitative estimate of drug-likeness (QED) is 0.840. The molecule has 0 saturated heterocycles. The molecule has 0 aliphatic carbocycles. The minimum absolute atomic E-state index is 0.197. The normalized spacial score (nSPS) is 11.0. The first-order valence-corrected chi connectivity index (χ1v) is 8.03. The number of anilines is 1. The van der Waals surface area contributed by atoms with E-state index in [4.69, 9.17) is 4.74 Å². The lowest BCUT2D eigenvalue weighted by Crippen LogP contribution is -2.16. The molecular formula is C12H12N2O5S2. The number of nitrogens with zero attached hydrogens (tertiary/aromatic N) is 1. The Morgan fingerprint density at radius 1 is 1.33 bits per heavy atom. The molecule has 0 amide bonds. The zero-order valence-electron chi connectivity index (χ0n) is 11.2. The number of benzene rings is 1. The number of carbonyl (C=O) groups is 1. The molecule has 7 nitrogen and oxygen atoms in total. The van der Waals surface area contributed by atoms with Crippen molar-refractivity contribution in [1.29, 1.82) is 0 Å². The van der Waals surface area contributed by atoms with Crippen LogP contribution in [0.15, 0.2) is 34.0 Å². The predicted molar refractivity (Wildman–Crippen MR) is 77.3 cm³/mol. The number of methoxy groups -OCH3 is 2. The summed E-state index contributed by atoms with van der Waals surface area (Å²) in [6, 6.07) is 6.42. The summed E-state index contributed by atoms with van der Waals surface area (Å²) >= 11 is 0.836. The van der Waals surface area contributed by atoms with Gasteiger partial charge in [-0.05, 0) is 12.1 Å². The molecule has 0 fully saturated rings. The summed E-state index contributed by atoms with van der Waals surface area (Å²) in [4.78, 5) is 15.2. The van der Waals surface area contributed by atoms with Crippen molar-refractivity contribution >= 4 is 33.0 Å². The van der Waals surface area contributed by atoms with E-state index in [1.807, 2.05) is 0 Å². The van der Waals surface area contributed by atoms with E-state index in [0.29, 0.717) is 11.4 Å². The lowest BCUT2D eigenvalue weighted by molar-refractivity contribution is 0.0590. The highest BCUT2D eigenvalue weighted by atomic mass is 32.2. The number of hydrogen-bond donors (Lipinski definition) is 1. The van der Waals surface area contributed by atoms with E-state index in [1.54, 1.807) is 18.2 Å². The number of carbonyl (C=O) groups excluding carboxylic acids is 1. The van der Waals surface area contributed by atoms with Crippen LogP contribution in [0.25, 0.3) is 0 Å². The fourth-order valence-corrected chi connectivity index (χ4v) is 3.73. The van der Waals surface area contributed by atoms with Crippen LogP contribution in [0.3, 0.4) is 0 Å². The van der Waals surface area contributed by atoms with E-state index in [9.17, 15) is 13.2 Å². The maximum atomic E-state index is 12.3. The van der Waals surface area contributed by atoms with Gasteiger partial charge in [0.05, 0.1) is 25.4 Å². The second kappa shape index (κ2) is 6.10. The number of thiazole rings is 1. The fourth-order valence-electron chi connectivity index (χ4n) is 1.55. The Bertz CT molecular complexity index is 755. The van der Waals surface area contributed by atoms with Gasteiger partial charge in [-0.25, -0.2) is 18.2 Å². The number of hydrogen-bond acceptors (Lipinski definition) is 7. The van der Waals surface area contributed by atoms with Crippen LogP contribution in [-0.2, 0) is 14.8 Å². The Morgan fingerprint density at radius 3 is 2.76 bits per heavy atom. The molecule has 0 radical (unpaired) electrons. The van der Waals surface area contributed by atoms with Crippen LogP contribution >= 0.6 is 11.3 Å². The molecule has 0 bridgehead atoms. The van der Waals surface area contributed by atoms with Gasteiger partial charge >= 0.3 is 5.97 Å². The monoisotopic (exact) mass is 328 g/mol. The fraction of sp³-hybridized carbons (Fsp3) is 0.167. The summed E-state index contributed by atoms with van der Waals surface area (Å²) in [5.41, 5.74) is 1.35. The minimum atomic E-state index is -3.93. The molecule has 0 unspecified atom stereocenters. The van der Waals surface area contributed by atoms with E-state index in [1.165, 1.54) is 18.7 Å². The summed E-state index contributed by atoms with van der Waals surface area (Å²) in [6.07, 6.45) is 0. The number of nitrogens with one attached hydrogen (secondary N) is 1. The van der Waals surface area contributed by atoms with Crippen molar-refractivity contribution in [3.05, 3.63) is 35.5 Å². The number of rotatable bonds is 5. The summed E-state index contributed by atoms with van der Waals surface area (Å²) in [7, 11) is -1.29. The van der Waals surface area contributed by atoms with Gasteiger partial charge in [-0.2, -0.15) is 0 Å². The van der Waals surface area contributed by atoms with Crippen molar-refractivity contribution in [2.45, 2.75) is 4.21 Å². The number of esters is 1. The largest absolute Gasteiger partial charge is 0.497 e. The highest BCUT2D eigenvalue weighted by Gasteiger charge is 2.26. The Kier molecular flexibility index (Phi) is 4.43. The van der Waals surface area contributed by atoms with Crippen molar-refractivity contribution in [3.63, 3.8) is 0 Å². The third kappa shape index (κ3) is 3.31. The third-order valence-electron chi connectivity index (χ3n) is 2.48. The van der Waals surface area contributed by atoms with Crippen LogP contribution in [0.1, 0.15) is 10.5 Å². The molecule has 0 atom stereocenters. The second-order valence-corrected chi connectivity index (χ2v) is 6.55. The average molecular weight is 328 g/mol. The molecule has 112 valence electrons. The molecule has 0 spiro atoms. The van der Waals surface area contributed by atoms with Crippen LogP contribution in [-0.4, -0.2) is 33.6 Å². The number of ether oxygens (including phenoxy) is 2. The SMILES string of the molecule is COC(=O)c1ncsc1S(=O)(=O)Nc1cccc(OC)c1. The van der Waals surface area contributed by atoms with Crippen LogP contribution in [0.5, 0.6) is 5.75 Å². The van der Waals surface area contributed by atoms with E-state index < -0.39 is 16.0 Å². The van der Waals surface area contributed by atoms with Crippen LogP contribution in [0, 0.1) is 0 Å². The molecule has 9 heteroatoms. The molecule has 1 N–H and O–H groups in total. The summed E-state index contributed by atoms with van der Waals surface area (Å²) in [6.45, 7) is 0. The van der Waals surface area contributed by atoms with Crippen molar-refractivity contribution in [1.82, 2.24) is 4.98 Å². The first-order valence-electron chi connectivity index (χ1n) is 5.66. The van der Waals surface area contributed by atoms with Crippen LogP contribution in [0.2, 0.25) is 0 Å². The molecular weight excluding hydrogens is 316 g/mol. The molecule has 2 rings (SSSR count). The lowest BCUT2D eigenvalue weighted by atomic mass is 10.3. The Morgan fingerprint density at radius 2 is 2.10 bits per heavy atom. The van der Waals surface area contributed by atoms with Crippen LogP contribution < -0.4 is 9.46 Å². The van der Waals surface area contributed by atoms with Crippen molar-refractivity contribution in [3.8, 4) is 5.75 Å². The molecule has 1 aromatic carbocycles. The smallest absolute Gasteiger partial charge is 0.358 e. The molecule has 0 aliphatic rings. The summed E-state index contributed by atoms with van der Waals surface area (Å²) in [5.74, 6) is -0.296. The van der Waals surface area contributed by atoms with E-state index >= 15 is 0 Å². The lowest BCUT2D eigenvalue weighted by Gasteiger charge is -2.08. The summed E-state index contributed by atoms with van der Waals surface area (Å²) in [5, 5.41) is 0. The van der Waals surface area contributed by atoms with Crippen molar-refractivity contribution in [2.24, 2.45) is 0 Å². The van der Waals surface area contributed by atoms with E-state index in [2.05, 4.69) is 14.4 Å². The topological polar surface area (TPSA) is 94.6 Å². The maximum absolute atomic E-state index is 12.3. The molecule has 0 saturated carbocycles. The average Bonchev–Trinajstić information content (AvgIpc) is 2.96. The Labute approximate surface area is 125 Å². The van der Waals surface area contributed by atoms with Crippen LogP contribution in [0.4, 0.5) is 5.69 Å². The molecule has 0 aliphatic heterocycles. The summed E-state index contributed by atoms with van der Waals surface area (Å²) < 4.78 is 36.3. The molecule has 1 heterocycles. The molecule has 21 heavy (non-hydrogen) atoms.